The molecule has 3 nitrogen and oxygen atoms in total. The zero-order valence-electron chi connectivity index (χ0n) is 11.6. The number of hydrazone groups is 1. The van der Waals surface area contributed by atoms with E-state index in [1.165, 1.54) is 26.6 Å². The molecule has 0 radical (unpaired) electrons. The molecule has 3 rings (SSSR count). The Hall–Kier alpha value is -1.42. The van der Waals surface area contributed by atoms with Crippen molar-refractivity contribution in [3.8, 4) is 0 Å². The number of allylic oxidation sites excluding steroid dienone is 1. The minimum Gasteiger partial charge on any atom is -0.301 e. The van der Waals surface area contributed by atoms with Crippen molar-refractivity contribution in [1.82, 2.24) is 5.01 Å². The van der Waals surface area contributed by atoms with Crippen molar-refractivity contribution in [2.24, 2.45) is 11.0 Å². The average Bonchev–Trinajstić information content (AvgIpc) is 3.09. The maximum absolute atomic E-state index is 10.9. The van der Waals surface area contributed by atoms with Crippen LogP contribution in [0.4, 0.5) is 0 Å². The standard InChI is InChI=1S/C15H18N2OS/c1-9(2)13-12-8-10(3)19-15(12)14(11-4-5-11)17(16-13)6-7-18/h7-9H,4-6H2,1-3H3. The quantitative estimate of drug-likeness (QED) is 0.791. The van der Waals surface area contributed by atoms with Gasteiger partial charge in [-0.1, -0.05) is 13.8 Å². The van der Waals surface area contributed by atoms with Gasteiger partial charge in [0.1, 0.15) is 6.29 Å². The lowest BCUT2D eigenvalue weighted by Crippen LogP contribution is -2.27. The van der Waals surface area contributed by atoms with Crippen LogP contribution in [0.25, 0.3) is 5.70 Å². The van der Waals surface area contributed by atoms with Gasteiger partial charge in [0.15, 0.2) is 0 Å². The van der Waals surface area contributed by atoms with Crippen molar-refractivity contribution >= 4 is 29.0 Å². The predicted octanol–water partition coefficient (Wildman–Crippen LogP) is 3.44. The van der Waals surface area contributed by atoms with Crippen LogP contribution in [0.15, 0.2) is 16.7 Å². The molecule has 1 aliphatic heterocycles. The molecule has 2 aliphatic rings. The summed E-state index contributed by atoms with van der Waals surface area (Å²) in [6.45, 7) is 6.81. The number of aldehydes is 1. The van der Waals surface area contributed by atoms with E-state index in [-0.39, 0.29) is 0 Å². The molecular weight excluding hydrogens is 256 g/mol. The minimum absolute atomic E-state index is 0.353. The summed E-state index contributed by atoms with van der Waals surface area (Å²) in [5.41, 5.74) is 5.02. The molecule has 1 saturated carbocycles. The number of hydrogen-bond acceptors (Lipinski definition) is 4. The van der Waals surface area contributed by atoms with Crippen LogP contribution in [0.3, 0.4) is 0 Å². The Labute approximate surface area is 117 Å². The first-order valence-electron chi connectivity index (χ1n) is 6.74. The van der Waals surface area contributed by atoms with E-state index in [0.717, 1.165) is 24.8 Å². The third-order valence-corrected chi connectivity index (χ3v) is 4.52. The van der Waals surface area contributed by atoms with Crippen molar-refractivity contribution in [3.05, 3.63) is 27.0 Å². The molecule has 0 aromatic carbocycles. The molecular formula is C15H18N2OS. The first-order valence-corrected chi connectivity index (χ1v) is 7.56. The third-order valence-electron chi connectivity index (χ3n) is 3.46. The zero-order valence-corrected chi connectivity index (χ0v) is 12.4. The molecule has 1 aliphatic carbocycles. The van der Waals surface area contributed by atoms with E-state index in [2.05, 4.69) is 26.8 Å². The molecule has 0 N–H and O–H groups in total. The summed E-state index contributed by atoms with van der Waals surface area (Å²) >= 11 is 1.82. The highest BCUT2D eigenvalue weighted by atomic mass is 32.1. The lowest BCUT2D eigenvalue weighted by atomic mass is 9.97. The van der Waals surface area contributed by atoms with Crippen LogP contribution in [-0.4, -0.2) is 23.6 Å². The second-order valence-corrected chi connectivity index (χ2v) is 6.70. The second kappa shape index (κ2) is 4.60. The predicted molar refractivity (Wildman–Crippen MR) is 79.4 cm³/mol. The van der Waals surface area contributed by atoms with Crippen molar-refractivity contribution < 1.29 is 4.79 Å². The molecule has 19 heavy (non-hydrogen) atoms. The van der Waals surface area contributed by atoms with E-state index < -0.39 is 0 Å². The van der Waals surface area contributed by atoms with Crippen molar-refractivity contribution in [3.63, 3.8) is 0 Å². The van der Waals surface area contributed by atoms with Gasteiger partial charge in [-0.2, -0.15) is 5.10 Å². The van der Waals surface area contributed by atoms with Crippen LogP contribution in [0.5, 0.6) is 0 Å². The molecule has 0 bridgehead atoms. The largest absolute Gasteiger partial charge is 0.301 e. The summed E-state index contributed by atoms with van der Waals surface area (Å²) in [6, 6.07) is 2.24. The lowest BCUT2D eigenvalue weighted by Gasteiger charge is -2.28. The van der Waals surface area contributed by atoms with Crippen molar-refractivity contribution in [2.45, 2.75) is 33.6 Å². The number of thiophene rings is 1. The van der Waals surface area contributed by atoms with Gasteiger partial charge in [-0.3, -0.25) is 5.01 Å². The topological polar surface area (TPSA) is 32.7 Å². The highest BCUT2D eigenvalue weighted by Crippen LogP contribution is 2.44. The van der Waals surface area contributed by atoms with Gasteiger partial charge in [0.05, 0.1) is 22.8 Å². The average molecular weight is 274 g/mol. The maximum atomic E-state index is 10.9. The van der Waals surface area contributed by atoms with Gasteiger partial charge < -0.3 is 4.79 Å². The van der Waals surface area contributed by atoms with Gasteiger partial charge in [-0.25, -0.2) is 0 Å². The molecule has 0 amide bonds. The van der Waals surface area contributed by atoms with Crippen LogP contribution in [-0.2, 0) is 4.79 Å². The molecule has 4 heteroatoms. The number of carbonyl (C=O) groups excluding carboxylic acids is 1. The Balaban J connectivity index is 2.17. The second-order valence-electron chi connectivity index (χ2n) is 5.44. The van der Waals surface area contributed by atoms with Gasteiger partial charge in [-0.15, -0.1) is 11.3 Å². The van der Waals surface area contributed by atoms with Gasteiger partial charge in [0.2, 0.25) is 0 Å². The number of hydrogen-bond donors (Lipinski definition) is 0. The Morgan fingerprint density at radius 3 is 2.79 bits per heavy atom. The Kier molecular flexibility index (Phi) is 3.05. The highest BCUT2D eigenvalue weighted by Gasteiger charge is 2.32. The summed E-state index contributed by atoms with van der Waals surface area (Å²) in [7, 11) is 0. The normalized spacial score (nSPS) is 17.7. The first kappa shape index (κ1) is 12.6. The number of fused-ring (bicyclic) bond motifs is 1. The van der Waals surface area contributed by atoms with E-state index in [0.29, 0.717) is 12.5 Å². The summed E-state index contributed by atoms with van der Waals surface area (Å²) < 4.78 is 0. The molecule has 100 valence electrons. The Bertz CT molecular complexity index is 589. The molecule has 1 aromatic rings. The van der Waals surface area contributed by atoms with Crippen molar-refractivity contribution in [1.29, 1.82) is 0 Å². The number of rotatable bonds is 3. The lowest BCUT2D eigenvalue weighted by molar-refractivity contribution is -0.108. The van der Waals surface area contributed by atoms with Gasteiger partial charge in [-0.05, 0) is 37.3 Å². The number of carbonyl (C=O) groups is 1. The fraction of sp³-hybridized carbons (Fsp3) is 0.467. The van der Waals surface area contributed by atoms with E-state index in [1.807, 2.05) is 16.3 Å². The Morgan fingerprint density at radius 1 is 1.47 bits per heavy atom. The fourth-order valence-corrected chi connectivity index (χ4v) is 3.62. The van der Waals surface area contributed by atoms with E-state index in [4.69, 9.17) is 5.10 Å². The minimum atomic E-state index is 0.353. The van der Waals surface area contributed by atoms with Gasteiger partial charge in [0.25, 0.3) is 0 Å². The molecule has 0 spiro atoms. The fourth-order valence-electron chi connectivity index (χ4n) is 2.50. The molecule has 1 fully saturated rings. The van der Waals surface area contributed by atoms with Crippen molar-refractivity contribution in [2.75, 3.05) is 6.54 Å². The van der Waals surface area contributed by atoms with E-state index in [1.54, 1.807) is 0 Å². The summed E-state index contributed by atoms with van der Waals surface area (Å²) in [5.74, 6) is 0.368. The van der Waals surface area contributed by atoms with Crippen LogP contribution < -0.4 is 0 Å². The smallest absolute Gasteiger partial charge is 0.141 e. The Morgan fingerprint density at radius 2 is 2.21 bits per heavy atom. The molecule has 0 atom stereocenters. The molecule has 1 aromatic heterocycles. The van der Waals surface area contributed by atoms with Gasteiger partial charge >= 0.3 is 0 Å². The van der Waals surface area contributed by atoms with Crippen LogP contribution in [0.2, 0.25) is 0 Å². The molecule has 0 saturated heterocycles. The SMILES string of the molecule is Cc1cc2c(s1)C(=C1CC1)N(CC=O)N=C2C(C)C. The van der Waals surface area contributed by atoms with Crippen LogP contribution in [0.1, 0.15) is 42.0 Å². The van der Waals surface area contributed by atoms with E-state index >= 15 is 0 Å². The third kappa shape index (κ3) is 2.14. The van der Waals surface area contributed by atoms with E-state index in [9.17, 15) is 4.79 Å². The first-order chi connectivity index (χ1) is 9.11. The molecule has 2 heterocycles. The monoisotopic (exact) mass is 274 g/mol. The summed E-state index contributed by atoms with van der Waals surface area (Å²) in [4.78, 5) is 13.5. The summed E-state index contributed by atoms with van der Waals surface area (Å²) in [5, 5.41) is 6.64. The zero-order chi connectivity index (χ0) is 13.6. The number of nitrogens with zero attached hydrogens (tertiary/aromatic N) is 2. The number of aryl methyl sites for hydroxylation is 1. The summed E-state index contributed by atoms with van der Waals surface area (Å²) in [6.07, 6.45) is 3.23. The highest BCUT2D eigenvalue weighted by molar-refractivity contribution is 7.13. The van der Waals surface area contributed by atoms with Crippen LogP contribution in [0, 0.1) is 12.8 Å². The van der Waals surface area contributed by atoms with Gasteiger partial charge in [0, 0.05) is 10.4 Å². The molecule has 0 unspecified atom stereocenters. The maximum Gasteiger partial charge on any atom is 0.141 e. The van der Waals surface area contributed by atoms with Crippen LogP contribution >= 0.6 is 11.3 Å².